The summed E-state index contributed by atoms with van der Waals surface area (Å²) in [7, 11) is 3.10. The van der Waals surface area contributed by atoms with E-state index in [1.165, 1.54) is 25.7 Å². The fraction of sp³-hybridized carbons (Fsp3) is 0.185. The van der Waals surface area contributed by atoms with Crippen molar-refractivity contribution in [3.8, 4) is 11.6 Å². The van der Waals surface area contributed by atoms with Gasteiger partial charge in [0.25, 0.3) is 5.88 Å². The van der Waals surface area contributed by atoms with Gasteiger partial charge in [-0.1, -0.05) is 29.8 Å². The summed E-state index contributed by atoms with van der Waals surface area (Å²) in [6.45, 7) is 0.146. The molecule has 1 aromatic carbocycles. The smallest absolute Gasteiger partial charge is 0.433 e. The quantitative estimate of drug-likeness (QED) is 0.291. The molecule has 0 aliphatic carbocycles. The van der Waals surface area contributed by atoms with Gasteiger partial charge in [-0.25, -0.2) is 9.97 Å². The molecule has 0 bridgehead atoms. The van der Waals surface area contributed by atoms with Crippen LogP contribution in [0.5, 0.6) is 11.6 Å². The summed E-state index contributed by atoms with van der Waals surface area (Å²) in [5.74, 6) is 0.353. The van der Waals surface area contributed by atoms with E-state index in [0.717, 1.165) is 17.8 Å². The van der Waals surface area contributed by atoms with E-state index in [-0.39, 0.29) is 28.8 Å². The Kier molecular flexibility index (Phi) is 6.87. The van der Waals surface area contributed by atoms with E-state index in [0.29, 0.717) is 22.2 Å². The highest BCUT2D eigenvalue weighted by Gasteiger charge is 2.39. The number of halogens is 4. The molecule has 200 valence electrons. The van der Waals surface area contributed by atoms with Crippen molar-refractivity contribution in [3.05, 3.63) is 107 Å². The maximum absolute atomic E-state index is 13.2. The zero-order valence-electron chi connectivity index (χ0n) is 20.6. The molecule has 0 aliphatic heterocycles. The largest absolute Gasteiger partial charge is 0.482 e. The lowest BCUT2D eigenvalue weighted by atomic mass is 9.83. The van der Waals surface area contributed by atoms with Gasteiger partial charge in [-0.3, -0.25) is 9.97 Å². The third-order valence-corrected chi connectivity index (χ3v) is 6.60. The van der Waals surface area contributed by atoms with Crippen LogP contribution < -0.4 is 9.47 Å². The number of aryl methyl sites for hydroxylation is 1. The molecule has 39 heavy (non-hydrogen) atoms. The average molecular weight is 556 g/mol. The molecular formula is C27H21ClF3N5O3. The number of aliphatic hydroxyl groups is 1. The van der Waals surface area contributed by atoms with Gasteiger partial charge >= 0.3 is 6.18 Å². The summed E-state index contributed by atoms with van der Waals surface area (Å²) in [4.78, 5) is 16.2. The summed E-state index contributed by atoms with van der Waals surface area (Å²) in [5, 5.41) is 12.8. The van der Waals surface area contributed by atoms with E-state index in [2.05, 4.69) is 19.9 Å². The van der Waals surface area contributed by atoms with Crippen LogP contribution in [0.1, 0.15) is 28.1 Å². The van der Waals surface area contributed by atoms with E-state index < -0.39 is 17.5 Å². The molecule has 0 radical (unpaired) electrons. The van der Waals surface area contributed by atoms with E-state index >= 15 is 0 Å². The Morgan fingerprint density at radius 3 is 2.44 bits per heavy atom. The third-order valence-electron chi connectivity index (χ3n) is 6.22. The zero-order valence-corrected chi connectivity index (χ0v) is 21.4. The van der Waals surface area contributed by atoms with Gasteiger partial charge in [0.1, 0.15) is 12.3 Å². The number of pyridine rings is 3. The van der Waals surface area contributed by atoms with Crippen LogP contribution in [0, 0.1) is 0 Å². The van der Waals surface area contributed by atoms with Crippen LogP contribution in [0.3, 0.4) is 0 Å². The SMILES string of the molecule is COc1nc2ccc(C(O)(c3ccc(C(F)(F)F)nc3)c3cncn3C)cc2c(Cl)c1OCc1cccnc1. The second kappa shape index (κ2) is 10.2. The summed E-state index contributed by atoms with van der Waals surface area (Å²) in [6, 6.07) is 10.5. The Balaban J connectivity index is 1.65. The monoisotopic (exact) mass is 555 g/mol. The van der Waals surface area contributed by atoms with Crippen LogP contribution in [0.4, 0.5) is 13.2 Å². The number of hydrogen-bond acceptors (Lipinski definition) is 7. The molecule has 8 nitrogen and oxygen atoms in total. The standard InChI is InChI=1S/C27H21ClF3N5O3/c1-36-15-33-13-22(36)26(37,18-6-8-21(34-12-18)27(29,30)31)17-5-7-20-19(10-17)23(28)24(25(35-20)38-2)39-14-16-4-3-9-32-11-16/h3-13,15,37H,14H2,1-2H3. The van der Waals surface area contributed by atoms with E-state index in [9.17, 15) is 18.3 Å². The van der Waals surface area contributed by atoms with Crippen LogP contribution in [-0.4, -0.2) is 36.7 Å². The van der Waals surface area contributed by atoms with Crippen molar-refractivity contribution in [2.24, 2.45) is 7.05 Å². The lowest BCUT2D eigenvalue weighted by molar-refractivity contribution is -0.141. The van der Waals surface area contributed by atoms with E-state index in [1.807, 2.05) is 6.07 Å². The first-order valence-corrected chi connectivity index (χ1v) is 11.9. The van der Waals surface area contributed by atoms with Gasteiger partial charge in [-0.2, -0.15) is 13.2 Å². The molecule has 0 amide bonds. The Morgan fingerprint density at radius 2 is 1.82 bits per heavy atom. The highest BCUT2D eigenvalue weighted by Crippen LogP contribution is 2.43. The molecule has 1 atom stereocenters. The number of benzene rings is 1. The highest BCUT2D eigenvalue weighted by atomic mass is 35.5. The number of ether oxygens (including phenoxy) is 2. The van der Waals surface area contributed by atoms with Gasteiger partial charge in [0.05, 0.1) is 35.9 Å². The molecule has 0 fully saturated rings. The maximum Gasteiger partial charge on any atom is 0.433 e. The lowest BCUT2D eigenvalue weighted by Gasteiger charge is -2.30. The van der Waals surface area contributed by atoms with E-state index in [1.54, 1.807) is 48.3 Å². The van der Waals surface area contributed by atoms with Gasteiger partial charge in [0.15, 0.2) is 5.60 Å². The molecule has 5 aromatic rings. The third kappa shape index (κ3) is 4.86. The zero-order chi connectivity index (χ0) is 27.8. The Labute approximate surface area is 225 Å². The van der Waals surface area contributed by atoms with Gasteiger partial charge < -0.3 is 19.1 Å². The maximum atomic E-state index is 13.2. The van der Waals surface area contributed by atoms with Crippen molar-refractivity contribution in [2.45, 2.75) is 18.4 Å². The lowest BCUT2D eigenvalue weighted by Crippen LogP contribution is -2.31. The topological polar surface area (TPSA) is 95.2 Å². The number of nitrogens with zero attached hydrogens (tertiary/aromatic N) is 5. The minimum Gasteiger partial charge on any atom is -0.482 e. The Hall–Kier alpha value is -4.22. The summed E-state index contributed by atoms with van der Waals surface area (Å²) in [6.07, 6.45) is 2.57. The molecule has 0 saturated carbocycles. The fourth-order valence-corrected chi connectivity index (χ4v) is 4.54. The van der Waals surface area contributed by atoms with Crippen LogP contribution in [0.15, 0.2) is 73.6 Å². The first kappa shape index (κ1) is 26.4. The van der Waals surface area contributed by atoms with Crippen LogP contribution in [0.25, 0.3) is 10.9 Å². The number of alkyl halides is 3. The van der Waals surface area contributed by atoms with E-state index in [4.69, 9.17) is 21.1 Å². The predicted octanol–water partition coefficient (Wildman–Crippen LogP) is 5.30. The number of imidazole rings is 1. The normalized spacial score (nSPS) is 13.3. The molecule has 0 aliphatic rings. The molecule has 0 saturated heterocycles. The summed E-state index contributed by atoms with van der Waals surface area (Å²) >= 11 is 6.79. The van der Waals surface area contributed by atoms with Gasteiger partial charge in [0, 0.05) is 42.2 Å². The Bertz CT molecular complexity index is 1630. The number of hydrogen-bond donors (Lipinski definition) is 1. The van der Waals surface area contributed by atoms with Crippen molar-refractivity contribution >= 4 is 22.5 Å². The summed E-state index contributed by atoms with van der Waals surface area (Å²) in [5.41, 5.74) is -1.06. The number of fused-ring (bicyclic) bond motifs is 1. The number of rotatable bonds is 7. The van der Waals surface area contributed by atoms with Gasteiger partial charge in [0.2, 0.25) is 5.75 Å². The first-order valence-electron chi connectivity index (χ1n) is 11.5. The average Bonchev–Trinajstić information content (AvgIpc) is 3.38. The second-order valence-electron chi connectivity index (χ2n) is 8.68. The van der Waals surface area contributed by atoms with Gasteiger partial charge in [-0.05, 0) is 29.8 Å². The van der Waals surface area contributed by atoms with Crippen molar-refractivity contribution < 1.29 is 27.8 Å². The Morgan fingerprint density at radius 1 is 1.03 bits per heavy atom. The molecule has 12 heteroatoms. The fourth-order valence-electron chi connectivity index (χ4n) is 4.26. The van der Waals surface area contributed by atoms with Crippen molar-refractivity contribution in [2.75, 3.05) is 7.11 Å². The van der Waals surface area contributed by atoms with Crippen LogP contribution in [-0.2, 0) is 25.4 Å². The molecular weight excluding hydrogens is 535 g/mol. The molecule has 5 rings (SSSR count). The highest BCUT2D eigenvalue weighted by molar-refractivity contribution is 6.37. The minimum absolute atomic E-state index is 0.101. The van der Waals surface area contributed by atoms with Crippen LogP contribution >= 0.6 is 11.6 Å². The minimum atomic E-state index is -4.63. The van der Waals surface area contributed by atoms with Gasteiger partial charge in [-0.15, -0.1) is 0 Å². The van der Waals surface area contributed by atoms with Crippen molar-refractivity contribution in [3.63, 3.8) is 0 Å². The molecule has 4 heterocycles. The summed E-state index contributed by atoms with van der Waals surface area (Å²) < 4.78 is 52.5. The molecule has 1 N–H and O–H groups in total. The molecule has 0 spiro atoms. The second-order valence-corrected chi connectivity index (χ2v) is 9.05. The number of methoxy groups -OCH3 is 1. The van der Waals surface area contributed by atoms with Crippen molar-refractivity contribution in [1.29, 1.82) is 0 Å². The first-order chi connectivity index (χ1) is 18.6. The van der Waals surface area contributed by atoms with Crippen molar-refractivity contribution in [1.82, 2.24) is 24.5 Å². The predicted molar refractivity (Wildman–Crippen MR) is 136 cm³/mol. The number of aromatic nitrogens is 5. The molecule has 1 unspecified atom stereocenters. The molecule has 4 aromatic heterocycles. The van der Waals surface area contributed by atoms with Crippen LogP contribution in [0.2, 0.25) is 5.02 Å².